The molecule has 56 valence electrons. The Morgan fingerprint density at radius 1 is 1.55 bits per heavy atom. The molecule has 0 atom stereocenters. The highest BCUT2D eigenvalue weighted by atomic mass is 16.4. The number of fused-ring (bicyclic) bond motifs is 1. The first-order chi connectivity index (χ1) is 5.25. The van der Waals surface area contributed by atoms with Gasteiger partial charge in [-0.1, -0.05) is 0 Å². The van der Waals surface area contributed by atoms with Crippen LogP contribution in [0.4, 0.5) is 0 Å². The fraction of sp³-hybridized carbons (Fsp3) is 0.250. The zero-order chi connectivity index (χ0) is 7.84. The van der Waals surface area contributed by atoms with Gasteiger partial charge in [0.1, 0.15) is 11.5 Å². The third-order valence-corrected chi connectivity index (χ3v) is 1.60. The van der Waals surface area contributed by atoms with Crippen LogP contribution in [0.5, 0.6) is 0 Å². The molecule has 0 saturated heterocycles. The number of aromatic nitrogens is 1. The van der Waals surface area contributed by atoms with Crippen LogP contribution in [0.1, 0.15) is 17.3 Å². The van der Waals surface area contributed by atoms with Gasteiger partial charge in [-0.15, -0.1) is 0 Å². The molecule has 0 radical (unpaired) electrons. The van der Waals surface area contributed by atoms with Crippen LogP contribution in [0, 0.1) is 6.92 Å². The van der Waals surface area contributed by atoms with Crippen molar-refractivity contribution in [3.8, 4) is 0 Å². The number of carbonyl (C=O) groups excluding carboxylic acids is 1. The highest BCUT2D eigenvalue weighted by molar-refractivity contribution is 5.97. The van der Waals surface area contributed by atoms with Gasteiger partial charge in [0, 0.05) is 6.92 Å². The second-order valence-corrected chi connectivity index (χ2v) is 2.52. The normalized spacial score (nSPS) is 15.2. The number of allylic oxidation sites excluding steroid dienone is 1. The molecule has 1 aromatic heterocycles. The monoisotopic (exact) mass is 149 g/mol. The Labute approximate surface area is 63.7 Å². The van der Waals surface area contributed by atoms with Crippen LogP contribution in [-0.4, -0.2) is 10.8 Å². The van der Waals surface area contributed by atoms with Crippen molar-refractivity contribution in [3.63, 3.8) is 0 Å². The topological polar surface area (TPSA) is 43.1 Å². The average Bonchev–Trinajstić information content (AvgIpc) is 2.27. The van der Waals surface area contributed by atoms with E-state index >= 15 is 0 Å². The molecule has 0 bridgehead atoms. The van der Waals surface area contributed by atoms with Crippen LogP contribution in [0.3, 0.4) is 0 Å². The van der Waals surface area contributed by atoms with Crippen molar-refractivity contribution < 1.29 is 9.21 Å². The van der Waals surface area contributed by atoms with Gasteiger partial charge in [0.2, 0.25) is 0 Å². The van der Waals surface area contributed by atoms with E-state index in [0.29, 0.717) is 18.1 Å². The molecule has 0 unspecified atom stereocenters. The zero-order valence-electron chi connectivity index (χ0n) is 6.13. The summed E-state index contributed by atoms with van der Waals surface area (Å²) in [6, 6.07) is 0. The highest BCUT2D eigenvalue weighted by Gasteiger charge is 2.15. The summed E-state index contributed by atoms with van der Waals surface area (Å²) in [5.41, 5.74) is 0.794. The van der Waals surface area contributed by atoms with E-state index in [0.717, 1.165) is 5.69 Å². The predicted molar refractivity (Wildman–Crippen MR) is 39.0 cm³/mol. The summed E-state index contributed by atoms with van der Waals surface area (Å²) in [5.74, 6) is 1.39. The van der Waals surface area contributed by atoms with Gasteiger partial charge in [0.05, 0.1) is 6.42 Å². The van der Waals surface area contributed by atoms with E-state index in [1.54, 1.807) is 13.0 Å². The first-order valence-electron chi connectivity index (χ1n) is 3.43. The molecule has 0 fully saturated rings. The van der Waals surface area contributed by atoms with E-state index in [1.807, 2.05) is 0 Å². The lowest BCUT2D eigenvalue weighted by atomic mass is 10.1. The van der Waals surface area contributed by atoms with Crippen LogP contribution >= 0.6 is 0 Å². The third-order valence-electron chi connectivity index (χ3n) is 1.60. The molecule has 11 heavy (non-hydrogen) atoms. The molecule has 3 heteroatoms. The van der Waals surface area contributed by atoms with E-state index in [1.165, 1.54) is 6.08 Å². The Hall–Kier alpha value is -1.38. The van der Waals surface area contributed by atoms with E-state index in [2.05, 4.69) is 4.98 Å². The van der Waals surface area contributed by atoms with Gasteiger partial charge in [0.15, 0.2) is 11.7 Å². The number of hydrogen-bond acceptors (Lipinski definition) is 3. The Morgan fingerprint density at radius 2 is 2.36 bits per heavy atom. The molecule has 3 nitrogen and oxygen atoms in total. The summed E-state index contributed by atoms with van der Waals surface area (Å²) in [6.45, 7) is 1.77. The largest absolute Gasteiger partial charge is 0.445 e. The third kappa shape index (κ3) is 0.981. The van der Waals surface area contributed by atoms with Crippen LogP contribution in [0.2, 0.25) is 0 Å². The zero-order valence-corrected chi connectivity index (χ0v) is 6.13. The summed E-state index contributed by atoms with van der Waals surface area (Å²) in [7, 11) is 0. The minimum atomic E-state index is 0.0775. The quantitative estimate of drug-likeness (QED) is 0.555. The average molecular weight is 149 g/mol. The number of hydrogen-bond donors (Lipinski definition) is 0. The minimum Gasteiger partial charge on any atom is -0.445 e. The maximum absolute atomic E-state index is 10.9. The number of nitrogens with zero attached hydrogens (tertiary/aromatic N) is 1. The summed E-state index contributed by atoms with van der Waals surface area (Å²) in [5, 5.41) is 0. The summed E-state index contributed by atoms with van der Waals surface area (Å²) in [6.07, 6.45) is 3.58. The minimum absolute atomic E-state index is 0.0775. The van der Waals surface area contributed by atoms with E-state index in [4.69, 9.17) is 4.42 Å². The maximum Gasteiger partial charge on any atom is 0.191 e. The first-order valence-corrected chi connectivity index (χ1v) is 3.43. The van der Waals surface area contributed by atoms with Crippen LogP contribution in [0.15, 0.2) is 10.5 Å². The van der Waals surface area contributed by atoms with Crippen molar-refractivity contribution in [1.82, 2.24) is 4.98 Å². The lowest BCUT2D eigenvalue weighted by Crippen LogP contribution is -2.02. The first kappa shape index (κ1) is 6.34. The van der Waals surface area contributed by atoms with Gasteiger partial charge in [0.25, 0.3) is 0 Å². The highest BCUT2D eigenvalue weighted by Crippen LogP contribution is 2.17. The molecule has 0 saturated carbocycles. The molecular formula is C8H7NO2. The number of oxazole rings is 1. The van der Waals surface area contributed by atoms with Crippen LogP contribution < -0.4 is 0 Å². The van der Waals surface area contributed by atoms with Gasteiger partial charge in [-0.2, -0.15) is 0 Å². The Morgan fingerprint density at radius 3 is 3.18 bits per heavy atom. The predicted octanol–water partition coefficient (Wildman–Crippen LogP) is 1.12. The van der Waals surface area contributed by atoms with Gasteiger partial charge < -0.3 is 4.42 Å². The molecule has 0 aliphatic heterocycles. The Kier molecular flexibility index (Phi) is 1.18. The molecule has 1 aromatic rings. The Bertz CT molecular complexity index is 336. The second kappa shape index (κ2) is 2.05. The molecule has 1 heterocycles. The van der Waals surface area contributed by atoms with Crippen molar-refractivity contribution in [3.05, 3.63) is 23.4 Å². The SMILES string of the molecule is Cc1nc2c(o1)CC(=O)C=C2. The molecule has 2 rings (SSSR count). The second-order valence-electron chi connectivity index (χ2n) is 2.52. The van der Waals surface area contributed by atoms with E-state index in [-0.39, 0.29) is 5.78 Å². The number of rotatable bonds is 0. The number of ketones is 1. The van der Waals surface area contributed by atoms with Gasteiger partial charge in [-0.05, 0) is 12.2 Å². The van der Waals surface area contributed by atoms with Gasteiger partial charge in [-0.3, -0.25) is 4.79 Å². The van der Waals surface area contributed by atoms with Crippen molar-refractivity contribution in [1.29, 1.82) is 0 Å². The molecule has 0 N–H and O–H groups in total. The summed E-state index contributed by atoms with van der Waals surface area (Å²) in [4.78, 5) is 14.9. The van der Waals surface area contributed by atoms with Crippen molar-refractivity contribution in [2.45, 2.75) is 13.3 Å². The van der Waals surface area contributed by atoms with Crippen LogP contribution in [0.25, 0.3) is 6.08 Å². The lowest BCUT2D eigenvalue weighted by molar-refractivity contribution is -0.114. The smallest absolute Gasteiger partial charge is 0.191 e. The van der Waals surface area contributed by atoms with Crippen molar-refractivity contribution in [2.24, 2.45) is 0 Å². The van der Waals surface area contributed by atoms with Gasteiger partial charge >= 0.3 is 0 Å². The summed E-state index contributed by atoms with van der Waals surface area (Å²) < 4.78 is 5.19. The standard InChI is InChI=1S/C8H7NO2/c1-5-9-7-3-2-6(10)4-8(7)11-5/h2-3H,4H2,1H3. The maximum atomic E-state index is 10.9. The molecule has 1 aliphatic rings. The number of carbonyl (C=O) groups is 1. The van der Waals surface area contributed by atoms with Crippen LogP contribution in [-0.2, 0) is 11.2 Å². The fourth-order valence-electron chi connectivity index (χ4n) is 1.13. The van der Waals surface area contributed by atoms with Crippen molar-refractivity contribution >= 4 is 11.9 Å². The van der Waals surface area contributed by atoms with Crippen molar-refractivity contribution in [2.75, 3.05) is 0 Å². The molecular weight excluding hydrogens is 142 g/mol. The molecule has 0 amide bonds. The molecule has 0 aromatic carbocycles. The lowest BCUT2D eigenvalue weighted by Gasteiger charge is -1.97. The van der Waals surface area contributed by atoms with E-state index < -0.39 is 0 Å². The van der Waals surface area contributed by atoms with E-state index in [9.17, 15) is 4.79 Å². The fourth-order valence-corrected chi connectivity index (χ4v) is 1.13. The Balaban J connectivity index is 2.52. The van der Waals surface area contributed by atoms with Gasteiger partial charge in [-0.25, -0.2) is 4.98 Å². The number of aryl methyl sites for hydroxylation is 1. The molecule has 1 aliphatic carbocycles. The molecule has 0 spiro atoms. The summed E-state index contributed by atoms with van der Waals surface area (Å²) >= 11 is 0.